The van der Waals surface area contributed by atoms with Gasteiger partial charge in [0.05, 0.1) is 17.8 Å². The highest BCUT2D eigenvalue weighted by Crippen LogP contribution is 2.25. The lowest BCUT2D eigenvalue weighted by Crippen LogP contribution is -2.29. The second kappa shape index (κ2) is 6.66. The van der Waals surface area contributed by atoms with Gasteiger partial charge in [0.2, 0.25) is 5.95 Å². The Hall–Kier alpha value is -1.95. The predicted octanol–water partition coefficient (Wildman–Crippen LogP) is 2.87. The van der Waals surface area contributed by atoms with Crippen LogP contribution in [0.25, 0.3) is 10.9 Å². The number of pyridine rings is 1. The van der Waals surface area contributed by atoms with E-state index in [1.807, 2.05) is 13.0 Å². The van der Waals surface area contributed by atoms with E-state index in [1.54, 1.807) is 6.20 Å². The number of aromatic nitrogens is 3. The van der Waals surface area contributed by atoms with Crippen molar-refractivity contribution in [3.8, 4) is 0 Å². The largest absolute Gasteiger partial charge is 0.393 e. The summed E-state index contributed by atoms with van der Waals surface area (Å²) in [6.07, 6.45) is 5.21. The summed E-state index contributed by atoms with van der Waals surface area (Å²) in [4.78, 5) is 13.6. The topological polar surface area (TPSA) is 83.0 Å². The number of hydrogen-bond acceptors (Lipinski definition) is 6. The van der Waals surface area contributed by atoms with Gasteiger partial charge >= 0.3 is 0 Å². The molecule has 1 fully saturated rings. The Morgan fingerprint density at radius 2 is 1.91 bits per heavy atom. The van der Waals surface area contributed by atoms with E-state index in [2.05, 4.69) is 39.4 Å². The molecule has 0 unspecified atom stereocenters. The summed E-state index contributed by atoms with van der Waals surface area (Å²) in [5.74, 6) is 1.47. The van der Waals surface area contributed by atoms with Crippen molar-refractivity contribution in [1.29, 1.82) is 0 Å². The van der Waals surface area contributed by atoms with E-state index in [0.29, 0.717) is 18.0 Å². The highest BCUT2D eigenvalue weighted by Gasteiger charge is 2.20. The molecule has 2 aromatic rings. The third-order valence-corrected chi connectivity index (χ3v) is 4.17. The van der Waals surface area contributed by atoms with E-state index >= 15 is 0 Å². The van der Waals surface area contributed by atoms with Crippen LogP contribution in [0, 0.1) is 6.92 Å². The lowest BCUT2D eigenvalue weighted by Gasteiger charge is -2.26. The Labute approximate surface area is 136 Å². The molecule has 1 aliphatic carbocycles. The quantitative estimate of drug-likeness (QED) is 0.805. The maximum Gasteiger partial charge on any atom is 0.225 e. The van der Waals surface area contributed by atoms with Crippen molar-refractivity contribution >= 4 is 22.7 Å². The average Bonchev–Trinajstić information content (AvgIpc) is 2.50. The molecule has 0 aromatic carbocycles. The van der Waals surface area contributed by atoms with E-state index < -0.39 is 0 Å². The predicted molar refractivity (Wildman–Crippen MR) is 92.7 cm³/mol. The Kier molecular flexibility index (Phi) is 4.61. The highest BCUT2D eigenvalue weighted by molar-refractivity contribution is 5.89. The van der Waals surface area contributed by atoms with Gasteiger partial charge in [-0.3, -0.25) is 4.98 Å². The van der Waals surface area contributed by atoms with Gasteiger partial charge in [-0.05, 0) is 52.5 Å². The van der Waals surface area contributed by atoms with Gasteiger partial charge < -0.3 is 15.7 Å². The summed E-state index contributed by atoms with van der Waals surface area (Å²) in [6, 6.07) is 2.63. The van der Waals surface area contributed by atoms with Crippen LogP contribution in [0.3, 0.4) is 0 Å². The fraction of sp³-hybridized carbons (Fsp3) is 0.588. The zero-order chi connectivity index (χ0) is 16.4. The zero-order valence-electron chi connectivity index (χ0n) is 14.0. The number of aliphatic hydroxyl groups is 1. The van der Waals surface area contributed by atoms with Crippen LogP contribution in [0.5, 0.6) is 0 Å². The number of aryl methyl sites for hydroxylation is 1. The minimum absolute atomic E-state index is 0.157. The molecule has 0 bridgehead atoms. The van der Waals surface area contributed by atoms with Gasteiger partial charge in [-0.15, -0.1) is 0 Å². The van der Waals surface area contributed by atoms with Crippen LogP contribution in [0.4, 0.5) is 11.8 Å². The smallest absolute Gasteiger partial charge is 0.225 e. The third-order valence-electron chi connectivity index (χ3n) is 4.17. The van der Waals surface area contributed by atoms with Crippen LogP contribution < -0.4 is 10.6 Å². The van der Waals surface area contributed by atoms with Gasteiger partial charge in [-0.2, -0.15) is 4.98 Å². The van der Waals surface area contributed by atoms with Gasteiger partial charge in [0.25, 0.3) is 0 Å². The standard InChI is InChI=1S/C17H25N5O/c1-10(2)19-16-14-8-11(3)18-9-15(14)21-17(22-16)20-12-4-6-13(23)7-5-12/h8-10,12-13,23H,4-7H2,1-3H3,(H2,19,20,21,22). The molecule has 2 heterocycles. The van der Waals surface area contributed by atoms with Crippen molar-refractivity contribution in [1.82, 2.24) is 15.0 Å². The molecule has 0 amide bonds. The minimum atomic E-state index is -0.157. The Morgan fingerprint density at radius 3 is 2.61 bits per heavy atom. The number of rotatable bonds is 4. The number of fused-ring (bicyclic) bond motifs is 1. The first-order valence-corrected chi connectivity index (χ1v) is 8.37. The van der Waals surface area contributed by atoms with Crippen molar-refractivity contribution in [3.05, 3.63) is 18.0 Å². The van der Waals surface area contributed by atoms with Gasteiger partial charge in [0.1, 0.15) is 5.82 Å². The molecule has 3 N–H and O–H groups in total. The van der Waals surface area contributed by atoms with E-state index in [4.69, 9.17) is 0 Å². The van der Waals surface area contributed by atoms with Crippen molar-refractivity contribution in [2.75, 3.05) is 10.6 Å². The van der Waals surface area contributed by atoms with Crippen molar-refractivity contribution in [2.45, 2.75) is 64.6 Å². The molecule has 0 aliphatic heterocycles. The molecule has 6 heteroatoms. The SMILES string of the molecule is Cc1cc2c(NC(C)C)nc(NC3CCC(O)CC3)nc2cn1. The van der Waals surface area contributed by atoms with Gasteiger partial charge in [-0.1, -0.05) is 0 Å². The van der Waals surface area contributed by atoms with Crippen LogP contribution >= 0.6 is 0 Å². The van der Waals surface area contributed by atoms with Gasteiger partial charge in [0, 0.05) is 23.2 Å². The van der Waals surface area contributed by atoms with Crippen LogP contribution in [-0.2, 0) is 0 Å². The molecule has 0 radical (unpaired) electrons. The van der Waals surface area contributed by atoms with Gasteiger partial charge in [0.15, 0.2) is 0 Å². The highest BCUT2D eigenvalue weighted by atomic mass is 16.3. The maximum absolute atomic E-state index is 9.63. The van der Waals surface area contributed by atoms with E-state index in [-0.39, 0.29) is 6.10 Å². The lowest BCUT2D eigenvalue weighted by molar-refractivity contribution is 0.126. The first kappa shape index (κ1) is 15.9. The minimum Gasteiger partial charge on any atom is -0.393 e. The Morgan fingerprint density at radius 1 is 1.17 bits per heavy atom. The van der Waals surface area contributed by atoms with Crippen molar-refractivity contribution in [2.24, 2.45) is 0 Å². The number of hydrogen-bond donors (Lipinski definition) is 3. The molecule has 2 aromatic heterocycles. The van der Waals surface area contributed by atoms with Crippen LogP contribution in [0.1, 0.15) is 45.2 Å². The number of nitrogens with one attached hydrogen (secondary N) is 2. The Bertz CT molecular complexity index is 680. The fourth-order valence-corrected chi connectivity index (χ4v) is 2.99. The summed E-state index contributed by atoms with van der Waals surface area (Å²) >= 11 is 0. The van der Waals surface area contributed by atoms with Crippen molar-refractivity contribution in [3.63, 3.8) is 0 Å². The van der Waals surface area contributed by atoms with Gasteiger partial charge in [-0.25, -0.2) is 4.98 Å². The summed E-state index contributed by atoms with van der Waals surface area (Å²) in [5.41, 5.74) is 1.79. The number of nitrogens with zero attached hydrogens (tertiary/aromatic N) is 3. The molecular formula is C17H25N5O. The van der Waals surface area contributed by atoms with Crippen LogP contribution in [0.2, 0.25) is 0 Å². The molecule has 0 saturated heterocycles. The summed E-state index contributed by atoms with van der Waals surface area (Å²) in [5, 5.41) is 17.4. The molecule has 23 heavy (non-hydrogen) atoms. The normalized spacial score (nSPS) is 21.6. The monoisotopic (exact) mass is 315 g/mol. The molecule has 0 atom stereocenters. The molecular weight excluding hydrogens is 290 g/mol. The lowest BCUT2D eigenvalue weighted by atomic mass is 9.93. The second-order valence-corrected chi connectivity index (χ2v) is 6.69. The zero-order valence-corrected chi connectivity index (χ0v) is 14.0. The number of anilines is 2. The second-order valence-electron chi connectivity index (χ2n) is 6.69. The molecule has 124 valence electrons. The molecule has 1 aliphatic rings. The molecule has 1 saturated carbocycles. The first-order valence-electron chi connectivity index (χ1n) is 8.37. The van der Waals surface area contributed by atoms with E-state index in [9.17, 15) is 5.11 Å². The maximum atomic E-state index is 9.63. The first-order chi connectivity index (χ1) is 11.0. The van der Waals surface area contributed by atoms with Crippen LogP contribution in [-0.4, -0.2) is 38.2 Å². The number of aliphatic hydroxyl groups excluding tert-OH is 1. The molecule has 0 spiro atoms. The average molecular weight is 315 g/mol. The summed E-state index contributed by atoms with van der Waals surface area (Å²) in [7, 11) is 0. The molecule has 3 rings (SSSR count). The van der Waals surface area contributed by atoms with E-state index in [1.165, 1.54) is 0 Å². The molecule has 6 nitrogen and oxygen atoms in total. The van der Waals surface area contributed by atoms with E-state index in [0.717, 1.165) is 48.1 Å². The summed E-state index contributed by atoms with van der Waals surface area (Å²) < 4.78 is 0. The Balaban J connectivity index is 1.89. The fourth-order valence-electron chi connectivity index (χ4n) is 2.99. The van der Waals surface area contributed by atoms with Crippen molar-refractivity contribution < 1.29 is 5.11 Å². The summed E-state index contributed by atoms with van der Waals surface area (Å²) in [6.45, 7) is 6.16. The third kappa shape index (κ3) is 3.88. The van der Waals surface area contributed by atoms with Crippen LogP contribution in [0.15, 0.2) is 12.3 Å².